The predicted octanol–water partition coefficient (Wildman–Crippen LogP) is 1.28. The highest BCUT2D eigenvalue weighted by Gasteiger charge is 2.00. The lowest BCUT2D eigenvalue weighted by Crippen LogP contribution is -2.23. The molecule has 0 aromatic carbocycles. The van der Waals surface area contributed by atoms with Gasteiger partial charge in [0.1, 0.15) is 0 Å². The lowest BCUT2D eigenvalue weighted by Gasteiger charge is -2.05. The lowest BCUT2D eigenvalue weighted by molar-refractivity contribution is 0.590. The van der Waals surface area contributed by atoms with Gasteiger partial charge in [0.05, 0.1) is 11.2 Å². The number of hydrogen-bond donors (Lipinski definition) is 2. The van der Waals surface area contributed by atoms with Crippen molar-refractivity contribution in [3.8, 4) is 0 Å². The summed E-state index contributed by atoms with van der Waals surface area (Å²) in [4.78, 5) is 5.51. The molecule has 3 N–H and O–H groups in total. The summed E-state index contributed by atoms with van der Waals surface area (Å²) < 4.78 is 0. The number of rotatable bonds is 5. The highest BCUT2D eigenvalue weighted by molar-refractivity contribution is 7.09. The van der Waals surface area contributed by atoms with Crippen LogP contribution in [0.1, 0.15) is 23.9 Å². The molecule has 1 rings (SSSR count). The Balaban J connectivity index is 2.17. The molecular formula is C9H17N3S. The van der Waals surface area contributed by atoms with Gasteiger partial charge in [0, 0.05) is 17.5 Å². The summed E-state index contributed by atoms with van der Waals surface area (Å²) in [5.74, 6) is 0. The second-order valence-corrected chi connectivity index (χ2v) is 4.24. The maximum atomic E-state index is 5.63. The van der Waals surface area contributed by atoms with Crippen molar-refractivity contribution in [2.24, 2.45) is 5.73 Å². The largest absolute Gasteiger partial charge is 0.328 e. The van der Waals surface area contributed by atoms with E-state index in [-0.39, 0.29) is 6.04 Å². The average Bonchev–Trinajstić information content (AvgIpc) is 2.45. The number of nitrogens with zero attached hydrogens (tertiary/aromatic N) is 1. The van der Waals surface area contributed by atoms with Gasteiger partial charge in [-0.1, -0.05) is 0 Å². The Bertz CT molecular complexity index is 245. The minimum atomic E-state index is 0.287. The van der Waals surface area contributed by atoms with Gasteiger partial charge in [-0.2, -0.15) is 0 Å². The van der Waals surface area contributed by atoms with Gasteiger partial charge in [0.25, 0.3) is 0 Å². The first-order chi connectivity index (χ1) is 6.20. The molecule has 0 aliphatic carbocycles. The standard InChI is InChI=1S/C9H17N3S/c1-7(10)3-4-11-5-9-8(2)12-6-13-9/h6-7,11H,3-5,10H2,1-2H3. The number of thiazole rings is 1. The Morgan fingerprint density at radius 2 is 2.46 bits per heavy atom. The monoisotopic (exact) mass is 199 g/mol. The molecule has 1 aromatic heterocycles. The van der Waals surface area contributed by atoms with Gasteiger partial charge in [-0.3, -0.25) is 0 Å². The molecule has 1 atom stereocenters. The summed E-state index contributed by atoms with van der Waals surface area (Å²) in [5, 5.41) is 3.35. The molecule has 0 aliphatic heterocycles. The summed E-state index contributed by atoms with van der Waals surface area (Å²) in [6, 6.07) is 0.287. The molecule has 0 fully saturated rings. The van der Waals surface area contributed by atoms with Gasteiger partial charge in [-0.25, -0.2) is 4.98 Å². The molecule has 4 heteroatoms. The second kappa shape index (κ2) is 5.32. The van der Waals surface area contributed by atoms with Crippen molar-refractivity contribution < 1.29 is 0 Å². The van der Waals surface area contributed by atoms with Crippen LogP contribution >= 0.6 is 11.3 Å². The molecule has 0 amide bonds. The Hall–Kier alpha value is -0.450. The van der Waals surface area contributed by atoms with Gasteiger partial charge >= 0.3 is 0 Å². The minimum absolute atomic E-state index is 0.287. The van der Waals surface area contributed by atoms with E-state index >= 15 is 0 Å². The van der Waals surface area contributed by atoms with Crippen LogP contribution in [0.5, 0.6) is 0 Å². The predicted molar refractivity (Wildman–Crippen MR) is 56.8 cm³/mol. The van der Waals surface area contributed by atoms with Crippen molar-refractivity contribution in [2.75, 3.05) is 6.54 Å². The molecule has 3 nitrogen and oxygen atoms in total. The van der Waals surface area contributed by atoms with E-state index in [1.165, 1.54) is 4.88 Å². The third-order valence-corrected chi connectivity index (χ3v) is 2.84. The van der Waals surface area contributed by atoms with Gasteiger partial charge in [-0.15, -0.1) is 11.3 Å². The second-order valence-electron chi connectivity index (χ2n) is 3.30. The van der Waals surface area contributed by atoms with Crippen LogP contribution in [0, 0.1) is 6.92 Å². The maximum absolute atomic E-state index is 5.63. The van der Waals surface area contributed by atoms with Crippen LogP contribution in [0.2, 0.25) is 0 Å². The molecule has 74 valence electrons. The van der Waals surface area contributed by atoms with Crippen molar-refractivity contribution in [2.45, 2.75) is 32.9 Å². The highest BCUT2D eigenvalue weighted by atomic mass is 32.1. The third kappa shape index (κ3) is 3.85. The van der Waals surface area contributed by atoms with E-state index in [1.54, 1.807) is 11.3 Å². The van der Waals surface area contributed by atoms with Crippen LogP contribution in [0.25, 0.3) is 0 Å². The number of hydrogen-bond acceptors (Lipinski definition) is 4. The quantitative estimate of drug-likeness (QED) is 0.702. The molecule has 0 bridgehead atoms. The van der Waals surface area contributed by atoms with E-state index in [2.05, 4.69) is 10.3 Å². The first kappa shape index (κ1) is 10.6. The third-order valence-electron chi connectivity index (χ3n) is 1.91. The number of aryl methyl sites for hydroxylation is 1. The maximum Gasteiger partial charge on any atom is 0.0798 e. The topological polar surface area (TPSA) is 50.9 Å². The number of nitrogens with two attached hydrogens (primary N) is 1. The lowest BCUT2D eigenvalue weighted by atomic mass is 10.2. The molecule has 0 saturated heterocycles. The molecule has 0 saturated carbocycles. The zero-order valence-corrected chi connectivity index (χ0v) is 9.03. The normalized spacial score (nSPS) is 13.2. The number of nitrogens with one attached hydrogen (secondary N) is 1. The van der Waals surface area contributed by atoms with E-state index in [4.69, 9.17) is 5.73 Å². The average molecular weight is 199 g/mol. The fourth-order valence-corrected chi connectivity index (χ4v) is 1.77. The summed E-state index contributed by atoms with van der Waals surface area (Å²) in [5.41, 5.74) is 8.66. The Morgan fingerprint density at radius 3 is 3.00 bits per heavy atom. The van der Waals surface area contributed by atoms with Crippen molar-refractivity contribution in [3.63, 3.8) is 0 Å². The van der Waals surface area contributed by atoms with Crippen LogP contribution in [0.4, 0.5) is 0 Å². The van der Waals surface area contributed by atoms with Crippen molar-refractivity contribution >= 4 is 11.3 Å². The first-order valence-electron chi connectivity index (χ1n) is 4.55. The fraction of sp³-hybridized carbons (Fsp3) is 0.667. The van der Waals surface area contributed by atoms with Crippen LogP contribution in [0.3, 0.4) is 0 Å². The molecule has 0 radical (unpaired) electrons. The highest BCUT2D eigenvalue weighted by Crippen LogP contribution is 2.10. The van der Waals surface area contributed by atoms with E-state index < -0.39 is 0 Å². The van der Waals surface area contributed by atoms with Crippen LogP contribution < -0.4 is 11.1 Å². The van der Waals surface area contributed by atoms with Crippen molar-refractivity contribution in [1.29, 1.82) is 0 Å². The Morgan fingerprint density at radius 1 is 1.69 bits per heavy atom. The van der Waals surface area contributed by atoms with Crippen LogP contribution in [-0.4, -0.2) is 17.6 Å². The van der Waals surface area contributed by atoms with Crippen LogP contribution in [-0.2, 0) is 6.54 Å². The van der Waals surface area contributed by atoms with Gasteiger partial charge < -0.3 is 11.1 Å². The summed E-state index contributed by atoms with van der Waals surface area (Å²) in [6.07, 6.45) is 1.03. The Labute approximate surface area is 83.4 Å². The van der Waals surface area contributed by atoms with Crippen molar-refractivity contribution in [1.82, 2.24) is 10.3 Å². The minimum Gasteiger partial charge on any atom is -0.328 e. The molecule has 1 unspecified atom stereocenters. The number of aromatic nitrogens is 1. The van der Waals surface area contributed by atoms with Gasteiger partial charge in [0.2, 0.25) is 0 Å². The summed E-state index contributed by atoms with van der Waals surface area (Å²) in [6.45, 7) is 5.97. The summed E-state index contributed by atoms with van der Waals surface area (Å²) >= 11 is 1.70. The van der Waals surface area contributed by atoms with Crippen LogP contribution in [0.15, 0.2) is 5.51 Å². The molecule has 1 heterocycles. The zero-order chi connectivity index (χ0) is 9.68. The van der Waals surface area contributed by atoms with Gasteiger partial charge in [-0.05, 0) is 26.8 Å². The van der Waals surface area contributed by atoms with E-state index in [1.807, 2.05) is 19.4 Å². The molecule has 0 spiro atoms. The SMILES string of the molecule is Cc1ncsc1CNCCC(C)N. The Kier molecular flexibility index (Phi) is 4.35. The van der Waals surface area contributed by atoms with E-state index in [9.17, 15) is 0 Å². The molecule has 1 aromatic rings. The van der Waals surface area contributed by atoms with E-state index in [0.29, 0.717) is 0 Å². The van der Waals surface area contributed by atoms with Gasteiger partial charge in [0.15, 0.2) is 0 Å². The smallest absolute Gasteiger partial charge is 0.0798 e. The first-order valence-corrected chi connectivity index (χ1v) is 5.43. The molecular weight excluding hydrogens is 182 g/mol. The molecule has 0 aliphatic rings. The fourth-order valence-electron chi connectivity index (χ4n) is 1.03. The molecule has 13 heavy (non-hydrogen) atoms. The summed E-state index contributed by atoms with van der Waals surface area (Å²) in [7, 11) is 0. The van der Waals surface area contributed by atoms with E-state index in [0.717, 1.165) is 25.2 Å². The zero-order valence-electron chi connectivity index (χ0n) is 8.21. The van der Waals surface area contributed by atoms with Crippen molar-refractivity contribution in [3.05, 3.63) is 16.1 Å².